The SMILES string of the molecule is C[C@H]1CN(S(=O)(=O)c2ccc(C(=O)Nc3ccc(N4CCN(C)CC4)cc3)cc2)C[C@H](C)O1. The quantitative estimate of drug-likeness (QED) is 0.720. The lowest BCUT2D eigenvalue weighted by atomic mass is 10.2. The summed E-state index contributed by atoms with van der Waals surface area (Å²) in [5, 5.41) is 2.89. The van der Waals surface area contributed by atoms with Crippen molar-refractivity contribution in [3.63, 3.8) is 0 Å². The van der Waals surface area contributed by atoms with E-state index in [4.69, 9.17) is 4.74 Å². The average Bonchev–Trinajstić information content (AvgIpc) is 2.79. The number of sulfonamides is 1. The number of anilines is 2. The van der Waals surface area contributed by atoms with Gasteiger partial charge in [0.1, 0.15) is 0 Å². The second-order valence-corrected chi connectivity index (χ2v) is 10.8. The Labute approximate surface area is 196 Å². The maximum absolute atomic E-state index is 13.0. The topological polar surface area (TPSA) is 82.2 Å². The highest BCUT2D eigenvalue weighted by Crippen LogP contribution is 2.23. The minimum absolute atomic E-state index is 0.156. The highest BCUT2D eigenvalue weighted by Gasteiger charge is 2.32. The molecule has 0 saturated carbocycles. The van der Waals surface area contributed by atoms with E-state index in [1.165, 1.54) is 16.4 Å². The lowest BCUT2D eigenvalue weighted by molar-refractivity contribution is -0.0440. The van der Waals surface area contributed by atoms with E-state index >= 15 is 0 Å². The van der Waals surface area contributed by atoms with E-state index in [-0.39, 0.29) is 23.0 Å². The van der Waals surface area contributed by atoms with Gasteiger partial charge in [-0.15, -0.1) is 0 Å². The number of nitrogens with zero attached hydrogens (tertiary/aromatic N) is 3. The number of rotatable bonds is 5. The molecule has 2 atom stereocenters. The van der Waals surface area contributed by atoms with Crippen LogP contribution in [0.1, 0.15) is 24.2 Å². The molecule has 9 heteroatoms. The van der Waals surface area contributed by atoms with Crippen LogP contribution in [0.4, 0.5) is 11.4 Å². The zero-order valence-electron chi connectivity index (χ0n) is 19.4. The molecular weight excluding hydrogens is 440 g/mol. The van der Waals surface area contributed by atoms with Crippen LogP contribution in [0.3, 0.4) is 0 Å². The third-order valence-corrected chi connectivity index (χ3v) is 7.98. The minimum atomic E-state index is -3.63. The Morgan fingerprint density at radius 3 is 2.06 bits per heavy atom. The number of carbonyl (C=O) groups excluding carboxylic acids is 1. The van der Waals surface area contributed by atoms with Gasteiger partial charge in [0.05, 0.1) is 17.1 Å². The van der Waals surface area contributed by atoms with Crippen molar-refractivity contribution in [1.29, 1.82) is 0 Å². The first-order valence-corrected chi connectivity index (χ1v) is 12.8. The minimum Gasteiger partial charge on any atom is -0.373 e. The van der Waals surface area contributed by atoms with Gasteiger partial charge in [-0.3, -0.25) is 4.79 Å². The van der Waals surface area contributed by atoms with Crippen molar-refractivity contribution in [3.8, 4) is 0 Å². The summed E-state index contributed by atoms with van der Waals surface area (Å²) in [4.78, 5) is 17.5. The van der Waals surface area contributed by atoms with Crippen molar-refractivity contribution >= 4 is 27.3 Å². The van der Waals surface area contributed by atoms with Gasteiger partial charge in [0.25, 0.3) is 5.91 Å². The van der Waals surface area contributed by atoms with Crippen LogP contribution in [0.2, 0.25) is 0 Å². The standard InChI is InChI=1S/C24H32N4O4S/c1-18-16-28(17-19(2)32-18)33(30,31)23-10-4-20(5-11-23)24(29)25-21-6-8-22(9-7-21)27-14-12-26(3)13-15-27/h4-11,18-19H,12-17H2,1-3H3,(H,25,29)/t18-,19-/m0/s1. The Morgan fingerprint density at radius 2 is 1.48 bits per heavy atom. The summed E-state index contributed by atoms with van der Waals surface area (Å²) in [6, 6.07) is 13.9. The second kappa shape index (κ2) is 9.80. The number of benzene rings is 2. The van der Waals surface area contributed by atoms with Crippen molar-refractivity contribution in [1.82, 2.24) is 9.21 Å². The molecule has 2 fully saturated rings. The monoisotopic (exact) mass is 472 g/mol. The van der Waals surface area contributed by atoms with Crippen molar-refractivity contribution in [2.45, 2.75) is 31.0 Å². The fourth-order valence-corrected chi connectivity index (χ4v) is 5.87. The number of amides is 1. The molecule has 0 radical (unpaired) electrons. The number of morpholine rings is 1. The van der Waals surface area contributed by atoms with E-state index in [1.807, 2.05) is 38.1 Å². The number of nitrogens with one attached hydrogen (secondary N) is 1. The molecule has 8 nitrogen and oxygen atoms in total. The molecule has 4 rings (SSSR count). The molecule has 2 saturated heterocycles. The molecule has 2 aliphatic heterocycles. The largest absolute Gasteiger partial charge is 0.373 e. The van der Waals surface area contributed by atoms with Crippen LogP contribution < -0.4 is 10.2 Å². The molecule has 33 heavy (non-hydrogen) atoms. The Bertz CT molecular complexity index is 1050. The summed E-state index contributed by atoms with van der Waals surface area (Å²) < 4.78 is 33.1. The summed E-state index contributed by atoms with van der Waals surface area (Å²) >= 11 is 0. The number of hydrogen-bond donors (Lipinski definition) is 1. The summed E-state index contributed by atoms with van der Waals surface area (Å²) in [6.45, 7) is 8.41. The third-order valence-electron chi connectivity index (χ3n) is 6.13. The maximum atomic E-state index is 13.0. The number of hydrogen-bond acceptors (Lipinski definition) is 6. The van der Waals surface area contributed by atoms with Gasteiger partial charge in [-0.25, -0.2) is 8.42 Å². The van der Waals surface area contributed by atoms with Crippen molar-refractivity contribution < 1.29 is 17.9 Å². The molecule has 2 aromatic carbocycles. The van der Waals surface area contributed by atoms with Crippen LogP contribution in [-0.4, -0.2) is 82.1 Å². The molecular formula is C24H32N4O4S. The first-order valence-electron chi connectivity index (χ1n) is 11.3. The lowest BCUT2D eigenvalue weighted by Crippen LogP contribution is -2.48. The molecule has 0 aromatic heterocycles. The van der Waals surface area contributed by atoms with Gasteiger partial charge in [-0.1, -0.05) is 0 Å². The summed E-state index contributed by atoms with van der Waals surface area (Å²) in [7, 11) is -1.51. The molecule has 2 heterocycles. The van der Waals surface area contributed by atoms with Crippen LogP contribution in [-0.2, 0) is 14.8 Å². The zero-order valence-corrected chi connectivity index (χ0v) is 20.2. The van der Waals surface area contributed by atoms with Gasteiger partial charge in [0.15, 0.2) is 0 Å². The smallest absolute Gasteiger partial charge is 0.255 e. The fourth-order valence-electron chi connectivity index (χ4n) is 4.28. The van der Waals surface area contributed by atoms with E-state index in [0.717, 1.165) is 31.9 Å². The molecule has 0 unspecified atom stereocenters. The average molecular weight is 473 g/mol. The molecule has 2 aliphatic rings. The van der Waals surface area contributed by atoms with Gasteiger partial charge >= 0.3 is 0 Å². The summed E-state index contributed by atoms with van der Waals surface area (Å²) in [5.74, 6) is -0.278. The van der Waals surface area contributed by atoms with E-state index in [9.17, 15) is 13.2 Å². The van der Waals surface area contributed by atoms with Crippen molar-refractivity contribution in [3.05, 3.63) is 54.1 Å². The van der Waals surface area contributed by atoms with Crippen LogP contribution in [0.5, 0.6) is 0 Å². The number of likely N-dealkylation sites (N-methyl/N-ethyl adjacent to an activating group) is 1. The summed E-state index contributed by atoms with van der Waals surface area (Å²) in [5.41, 5.74) is 2.24. The van der Waals surface area contributed by atoms with Crippen LogP contribution in [0.15, 0.2) is 53.4 Å². The molecule has 0 bridgehead atoms. The van der Waals surface area contributed by atoms with Crippen LogP contribution in [0, 0.1) is 0 Å². The van der Waals surface area contributed by atoms with Crippen molar-refractivity contribution in [2.24, 2.45) is 0 Å². The molecule has 0 spiro atoms. The van der Waals surface area contributed by atoms with E-state index in [1.54, 1.807) is 12.1 Å². The van der Waals surface area contributed by atoms with Gasteiger partial charge in [-0.2, -0.15) is 4.31 Å². The molecule has 0 aliphatic carbocycles. The molecule has 1 N–H and O–H groups in total. The summed E-state index contributed by atoms with van der Waals surface area (Å²) in [6.07, 6.45) is -0.313. The Morgan fingerprint density at radius 1 is 0.909 bits per heavy atom. The van der Waals surface area contributed by atoms with Crippen LogP contribution >= 0.6 is 0 Å². The predicted molar refractivity (Wildman–Crippen MR) is 129 cm³/mol. The normalized spacial score (nSPS) is 22.8. The Balaban J connectivity index is 1.39. The van der Waals surface area contributed by atoms with Crippen molar-refractivity contribution in [2.75, 3.05) is 56.5 Å². The fraction of sp³-hybridized carbons (Fsp3) is 0.458. The lowest BCUT2D eigenvalue weighted by Gasteiger charge is -2.34. The first-order chi connectivity index (χ1) is 15.7. The third kappa shape index (κ3) is 5.55. The maximum Gasteiger partial charge on any atom is 0.255 e. The first kappa shape index (κ1) is 23.7. The highest BCUT2D eigenvalue weighted by molar-refractivity contribution is 7.89. The number of ether oxygens (including phenoxy) is 1. The zero-order chi connectivity index (χ0) is 23.6. The van der Waals surface area contributed by atoms with Gasteiger partial charge < -0.3 is 19.9 Å². The molecule has 1 amide bonds. The van der Waals surface area contributed by atoms with Gasteiger partial charge in [-0.05, 0) is 69.4 Å². The highest BCUT2D eigenvalue weighted by atomic mass is 32.2. The Kier molecular flexibility index (Phi) is 7.04. The van der Waals surface area contributed by atoms with Gasteiger partial charge in [0, 0.05) is 56.2 Å². The van der Waals surface area contributed by atoms with Gasteiger partial charge in [0.2, 0.25) is 10.0 Å². The predicted octanol–water partition coefficient (Wildman–Crippen LogP) is 2.49. The molecule has 178 valence electrons. The number of carbonyl (C=O) groups is 1. The van der Waals surface area contributed by atoms with E-state index in [0.29, 0.717) is 24.3 Å². The van der Waals surface area contributed by atoms with Crippen LogP contribution in [0.25, 0.3) is 0 Å². The van der Waals surface area contributed by atoms with E-state index < -0.39 is 10.0 Å². The second-order valence-electron chi connectivity index (χ2n) is 8.90. The Hall–Kier alpha value is -2.46. The molecule has 2 aromatic rings. The number of piperazine rings is 1. The van der Waals surface area contributed by atoms with E-state index in [2.05, 4.69) is 22.2 Å².